The van der Waals surface area contributed by atoms with Gasteiger partial charge < -0.3 is 20.1 Å². The predicted molar refractivity (Wildman–Crippen MR) is 115 cm³/mol. The molecule has 6 heteroatoms. The lowest BCUT2D eigenvalue weighted by Gasteiger charge is -2.19. The average Bonchev–Trinajstić information content (AvgIpc) is 3.40. The highest BCUT2D eigenvalue weighted by molar-refractivity contribution is 5.79. The molecule has 1 aliphatic rings. The number of nitrogens with one attached hydrogen (secondary N) is 2. The van der Waals surface area contributed by atoms with Crippen molar-refractivity contribution >= 4 is 11.6 Å². The molecule has 0 bridgehead atoms. The van der Waals surface area contributed by atoms with Gasteiger partial charge in [-0.15, -0.1) is 0 Å². The Morgan fingerprint density at radius 2 is 2.04 bits per heavy atom. The van der Waals surface area contributed by atoms with E-state index in [0.29, 0.717) is 18.4 Å². The highest BCUT2D eigenvalue weighted by Gasteiger charge is 2.22. The predicted octanol–water partition coefficient (Wildman–Crippen LogP) is 3.77. The van der Waals surface area contributed by atoms with E-state index in [9.17, 15) is 0 Å². The second kappa shape index (κ2) is 10.2. The molecule has 0 saturated carbocycles. The Labute approximate surface area is 168 Å². The van der Waals surface area contributed by atoms with Crippen molar-refractivity contribution in [1.82, 2.24) is 15.8 Å². The Morgan fingerprint density at radius 1 is 1.25 bits per heavy atom. The molecule has 6 nitrogen and oxygen atoms in total. The second-order valence-electron chi connectivity index (χ2n) is 7.47. The Kier molecular flexibility index (Phi) is 7.34. The van der Waals surface area contributed by atoms with Gasteiger partial charge in [-0.2, -0.15) is 0 Å². The summed E-state index contributed by atoms with van der Waals surface area (Å²) in [6, 6.07) is 12.7. The summed E-state index contributed by atoms with van der Waals surface area (Å²) in [5, 5.41) is 11.0. The molecule has 28 heavy (non-hydrogen) atoms. The standard InChI is InChI=1S/C22H33N5O/c1-4-18(5-2)21-13-20(28-26-21)15-25-22(23-3)24-14-17-11-12-27(16-17)19-9-7-6-8-10-19/h6-10,13,17-18H,4-5,11-12,14-16H2,1-3H3,(H2,23,24,25). The zero-order valence-electron chi connectivity index (χ0n) is 17.3. The van der Waals surface area contributed by atoms with Crippen LogP contribution in [0.1, 0.15) is 50.5 Å². The Bertz CT molecular complexity index is 738. The third-order valence-corrected chi connectivity index (χ3v) is 5.60. The molecule has 0 spiro atoms. The van der Waals surface area contributed by atoms with Crippen molar-refractivity contribution in [2.24, 2.45) is 10.9 Å². The maximum absolute atomic E-state index is 5.48. The van der Waals surface area contributed by atoms with Crippen LogP contribution in [0, 0.1) is 5.92 Å². The lowest BCUT2D eigenvalue weighted by Crippen LogP contribution is -2.39. The van der Waals surface area contributed by atoms with Crippen LogP contribution >= 0.6 is 0 Å². The first kappa shape index (κ1) is 20.2. The van der Waals surface area contributed by atoms with Gasteiger partial charge in [-0.3, -0.25) is 4.99 Å². The van der Waals surface area contributed by atoms with Crippen molar-refractivity contribution in [3.63, 3.8) is 0 Å². The molecule has 3 rings (SSSR count). The van der Waals surface area contributed by atoms with Crippen LogP contribution in [-0.4, -0.2) is 37.8 Å². The molecule has 0 amide bonds. The molecule has 1 aromatic heterocycles. The summed E-state index contributed by atoms with van der Waals surface area (Å²) in [7, 11) is 1.80. The summed E-state index contributed by atoms with van der Waals surface area (Å²) in [6.07, 6.45) is 3.36. The minimum absolute atomic E-state index is 0.477. The molecule has 1 atom stereocenters. The molecule has 1 unspecified atom stereocenters. The molecule has 1 aromatic carbocycles. The van der Waals surface area contributed by atoms with E-state index in [4.69, 9.17) is 4.52 Å². The van der Waals surface area contributed by atoms with Gasteiger partial charge in [0.1, 0.15) is 0 Å². The van der Waals surface area contributed by atoms with E-state index < -0.39 is 0 Å². The Hall–Kier alpha value is -2.50. The molecule has 152 valence electrons. The molecular weight excluding hydrogens is 350 g/mol. The summed E-state index contributed by atoms with van der Waals surface area (Å²) >= 11 is 0. The van der Waals surface area contributed by atoms with Crippen LogP contribution in [0.2, 0.25) is 0 Å². The summed E-state index contributed by atoms with van der Waals surface area (Å²) in [5.74, 6) is 2.75. The number of guanidine groups is 1. The van der Waals surface area contributed by atoms with E-state index in [0.717, 1.165) is 49.9 Å². The van der Waals surface area contributed by atoms with Crippen molar-refractivity contribution in [1.29, 1.82) is 0 Å². The van der Waals surface area contributed by atoms with Gasteiger partial charge in [0.2, 0.25) is 0 Å². The average molecular weight is 384 g/mol. The molecular formula is C22H33N5O. The molecule has 1 fully saturated rings. The second-order valence-corrected chi connectivity index (χ2v) is 7.47. The van der Waals surface area contributed by atoms with Gasteiger partial charge in [0.25, 0.3) is 0 Å². The number of hydrogen-bond donors (Lipinski definition) is 2. The van der Waals surface area contributed by atoms with Gasteiger partial charge in [-0.05, 0) is 37.3 Å². The van der Waals surface area contributed by atoms with Gasteiger partial charge in [0.15, 0.2) is 11.7 Å². The number of anilines is 1. The highest BCUT2D eigenvalue weighted by Crippen LogP contribution is 2.23. The molecule has 1 saturated heterocycles. The molecule has 1 aliphatic heterocycles. The molecule has 0 aliphatic carbocycles. The summed E-state index contributed by atoms with van der Waals surface area (Å²) in [4.78, 5) is 6.79. The van der Waals surface area contributed by atoms with Crippen LogP contribution in [0.3, 0.4) is 0 Å². The number of rotatable bonds is 8. The van der Waals surface area contributed by atoms with E-state index in [1.165, 1.54) is 12.1 Å². The van der Waals surface area contributed by atoms with E-state index in [2.05, 4.69) is 75.9 Å². The normalized spacial score (nSPS) is 17.4. The summed E-state index contributed by atoms with van der Waals surface area (Å²) in [5.41, 5.74) is 2.36. The van der Waals surface area contributed by atoms with E-state index in [1.807, 2.05) is 0 Å². The van der Waals surface area contributed by atoms with Crippen LogP contribution in [-0.2, 0) is 6.54 Å². The SMILES string of the molecule is CCC(CC)c1cc(CNC(=NC)NCC2CCN(c3ccccc3)C2)on1. The van der Waals surface area contributed by atoms with Crippen LogP contribution in [0.15, 0.2) is 45.9 Å². The van der Waals surface area contributed by atoms with Crippen molar-refractivity contribution < 1.29 is 4.52 Å². The van der Waals surface area contributed by atoms with Crippen molar-refractivity contribution in [3.05, 3.63) is 47.9 Å². The summed E-state index contributed by atoms with van der Waals surface area (Å²) in [6.45, 7) is 8.07. The molecule has 0 radical (unpaired) electrons. The van der Waals surface area contributed by atoms with Gasteiger partial charge in [-0.25, -0.2) is 0 Å². The smallest absolute Gasteiger partial charge is 0.191 e. The maximum Gasteiger partial charge on any atom is 0.191 e. The fourth-order valence-electron chi connectivity index (χ4n) is 3.82. The first-order chi connectivity index (χ1) is 13.7. The minimum Gasteiger partial charge on any atom is -0.371 e. The summed E-state index contributed by atoms with van der Waals surface area (Å²) < 4.78 is 5.48. The van der Waals surface area contributed by atoms with Crippen molar-refractivity contribution in [3.8, 4) is 0 Å². The van der Waals surface area contributed by atoms with Crippen LogP contribution in [0.4, 0.5) is 5.69 Å². The molecule has 2 heterocycles. The fourth-order valence-corrected chi connectivity index (χ4v) is 3.82. The third-order valence-electron chi connectivity index (χ3n) is 5.60. The highest BCUT2D eigenvalue weighted by atomic mass is 16.5. The lowest BCUT2D eigenvalue weighted by atomic mass is 9.99. The van der Waals surface area contributed by atoms with Crippen LogP contribution in [0.5, 0.6) is 0 Å². The monoisotopic (exact) mass is 383 g/mol. The maximum atomic E-state index is 5.48. The topological polar surface area (TPSA) is 65.7 Å². The lowest BCUT2D eigenvalue weighted by molar-refractivity contribution is 0.368. The first-order valence-corrected chi connectivity index (χ1v) is 10.4. The van der Waals surface area contributed by atoms with E-state index in [1.54, 1.807) is 7.05 Å². The Balaban J connectivity index is 1.43. The number of benzene rings is 1. The first-order valence-electron chi connectivity index (χ1n) is 10.4. The quantitative estimate of drug-likeness (QED) is 0.537. The number of hydrogen-bond acceptors (Lipinski definition) is 4. The van der Waals surface area contributed by atoms with Gasteiger partial charge in [0, 0.05) is 44.4 Å². The third kappa shape index (κ3) is 5.27. The number of aromatic nitrogens is 1. The van der Waals surface area contributed by atoms with Crippen molar-refractivity contribution in [2.45, 2.75) is 45.6 Å². The van der Waals surface area contributed by atoms with Gasteiger partial charge in [-0.1, -0.05) is 37.2 Å². The molecule has 2 N–H and O–H groups in total. The Morgan fingerprint density at radius 3 is 2.75 bits per heavy atom. The van der Waals surface area contributed by atoms with Gasteiger partial charge in [0.05, 0.1) is 12.2 Å². The number of aliphatic imine (C=N–C) groups is 1. The van der Waals surface area contributed by atoms with Crippen LogP contribution < -0.4 is 15.5 Å². The van der Waals surface area contributed by atoms with Crippen LogP contribution in [0.25, 0.3) is 0 Å². The zero-order chi connectivity index (χ0) is 19.8. The van der Waals surface area contributed by atoms with Crippen molar-refractivity contribution in [2.75, 3.05) is 31.6 Å². The largest absolute Gasteiger partial charge is 0.371 e. The van der Waals surface area contributed by atoms with E-state index in [-0.39, 0.29) is 0 Å². The van der Waals surface area contributed by atoms with E-state index >= 15 is 0 Å². The molecule has 2 aromatic rings. The fraction of sp³-hybridized carbons (Fsp3) is 0.545. The number of nitrogens with zero attached hydrogens (tertiary/aromatic N) is 3. The minimum atomic E-state index is 0.477. The number of para-hydroxylation sites is 1. The van der Waals surface area contributed by atoms with Gasteiger partial charge >= 0.3 is 0 Å². The zero-order valence-corrected chi connectivity index (χ0v) is 17.3.